The van der Waals surface area contributed by atoms with E-state index >= 15 is 0 Å². The van der Waals surface area contributed by atoms with Crippen LogP contribution < -0.4 is 5.32 Å². The van der Waals surface area contributed by atoms with Crippen molar-refractivity contribution in [3.63, 3.8) is 0 Å². The lowest BCUT2D eigenvalue weighted by molar-refractivity contribution is -0.114. The summed E-state index contributed by atoms with van der Waals surface area (Å²) in [6, 6.07) is 1.81. The number of likely N-dealkylation sites (tertiary alicyclic amines) is 1. The third-order valence-corrected chi connectivity index (χ3v) is 3.59. The van der Waals surface area contributed by atoms with E-state index in [1.54, 1.807) is 28.8 Å². The second kappa shape index (κ2) is 5.58. The van der Waals surface area contributed by atoms with Gasteiger partial charge in [0.1, 0.15) is 5.69 Å². The molecule has 1 aliphatic heterocycles. The van der Waals surface area contributed by atoms with Crippen LogP contribution in [0.4, 0.5) is 5.82 Å². The van der Waals surface area contributed by atoms with E-state index in [0.717, 1.165) is 6.42 Å². The van der Waals surface area contributed by atoms with Gasteiger partial charge in [0, 0.05) is 32.3 Å². The maximum absolute atomic E-state index is 12.3. The van der Waals surface area contributed by atoms with Crippen molar-refractivity contribution >= 4 is 17.6 Å². The summed E-state index contributed by atoms with van der Waals surface area (Å²) in [6.45, 7) is 4.27. The van der Waals surface area contributed by atoms with Crippen molar-refractivity contribution in [2.24, 2.45) is 0 Å². The zero-order valence-electron chi connectivity index (χ0n) is 12.3. The number of carbonyl (C=O) groups is 2. The van der Waals surface area contributed by atoms with Crippen LogP contribution in [0.1, 0.15) is 35.6 Å². The highest BCUT2D eigenvalue weighted by atomic mass is 16.6. The van der Waals surface area contributed by atoms with Gasteiger partial charge >= 0.3 is 0 Å². The van der Waals surface area contributed by atoms with Gasteiger partial charge in [-0.05, 0) is 18.5 Å². The van der Waals surface area contributed by atoms with Gasteiger partial charge in [-0.3, -0.25) is 14.3 Å². The first-order valence-corrected chi connectivity index (χ1v) is 6.96. The van der Waals surface area contributed by atoms with Crippen molar-refractivity contribution in [1.82, 2.24) is 25.0 Å². The first kappa shape index (κ1) is 14.2. The fraction of sp³-hybridized carbons (Fsp3) is 0.462. The fourth-order valence-corrected chi connectivity index (χ4v) is 2.51. The molecule has 3 rings (SSSR count). The minimum Gasteiger partial charge on any atom is -0.335 e. The molecule has 9 nitrogen and oxygen atoms in total. The zero-order valence-corrected chi connectivity index (χ0v) is 12.3. The molecule has 9 heteroatoms. The molecule has 0 spiro atoms. The summed E-state index contributed by atoms with van der Waals surface area (Å²) in [6.07, 6.45) is 2.59. The lowest BCUT2D eigenvalue weighted by Crippen LogP contribution is -2.30. The molecular weight excluding hydrogens is 288 g/mol. The third kappa shape index (κ3) is 2.69. The van der Waals surface area contributed by atoms with Crippen LogP contribution in [0.3, 0.4) is 0 Å². The van der Waals surface area contributed by atoms with Gasteiger partial charge in [0.15, 0.2) is 11.5 Å². The first-order valence-electron chi connectivity index (χ1n) is 6.96. The maximum Gasteiger partial charge on any atom is 0.278 e. The molecule has 1 atom stereocenters. The van der Waals surface area contributed by atoms with E-state index in [9.17, 15) is 9.59 Å². The largest absolute Gasteiger partial charge is 0.335 e. The number of rotatable bonds is 3. The van der Waals surface area contributed by atoms with Crippen LogP contribution in [0.2, 0.25) is 0 Å². The van der Waals surface area contributed by atoms with Crippen molar-refractivity contribution in [3.8, 4) is 0 Å². The summed E-state index contributed by atoms with van der Waals surface area (Å²) in [5.41, 5.74) is 0.737. The summed E-state index contributed by atoms with van der Waals surface area (Å²) >= 11 is 0. The van der Waals surface area contributed by atoms with E-state index in [1.165, 1.54) is 6.92 Å². The zero-order chi connectivity index (χ0) is 15.7. The molecule has 2 amide bonds. The van der Waals surface area contributed by atoms with E-state index in [-0.39, 0.29) is 23.6 Å². The summed E-state index contributed by atoms with van der Waals surface area (Å²) in [5, 5.41) is 14.2. The maximum atomic E-state index is 12.3. The van der Waals surface area contributed by atoms with Gasteiger partial charge in [0.05, 0.1) is 6.04 Å². The highest BCUT2D eigenvalue weighted by Crippen LogP contribution is 2.23. The quantitative estimate of drug-likeness (QED) is 0.891. The lowest BCUT2D eigenvalue weighted by atomic mass is 10.3. The van der Waals surface area contributed by atoms with E-state index in [0.29, 0.717) is 24.6 Å². The number of hydrogen-bond donors (Lipinski definition) is 1. The van der Waals surface area contributed by atoms with Crippen molar-refractivity contribution in [2.45, 2.75) is 26.3 Å². The van der Waals surface area contributed by atoms with Gasteiger partial charge < -0.3 is 10.2 Å². The van der Waals surface area contributed by atoms with Gasteiger partial charge in [-0.15, -0.1) is 0 Å². The minimum atomic E-state index is -0.185. The molecule has 22 heavy (non-hydrogen) atoms. The monoisotopic (exact) mass is 304 g/mol. The highest BCUT2D eigenvalue weighted by molar-refractivity contribution is 5.93. The summed E-state index contributed by atoms with van der Waals surface area (Å²) in [7, 11) is 0. The number of hydrogen-bond acceptors (Lipinski definition) is 6. The highest BCUT2D eigenvalue weighted by Gasteiger charge is 2.31. The van der Waals surface area contributed by atoms with Gasteiger partial charge in [0.2, 0.25) is 5.91 Å². The van der Waals surface area contributed by atoms with Crippen LogP contribution in [0.5, 0.6) is 0 Å². The molecule has 1 N–H and O–H groups in total. The topological polar surface area (TPSA) is 106 Å². The van der Waals surface area contributed by atoms with Crippen LogP contribution in [0.25, 0.3) is 0 Å². The number of aromatic nitrogens is 4. The molecule has 0 bridgehead atoms. The number of carbonyl (C=O) groups excluding carboxylic acids is 2. The van der Waals surface area contributed by atoms with Gasteiger partial charge in [-0.25, -0.2) is 4.63 Å². The van der Waals surface area contributed by atoms with Gasteiger partial charge in [0.25, 0.3) is 5.91 Å². The Morgan fingerprint density at radius 1 is 1.41 bits per heavy atom. The Balaban J connectivity index is 1.67. The smallest absolute Gasteiger partial charge is 0.278 e. The molecule has 2 aromatic heterocycles. The fourth-order valence-electron chi connectivity index (χ4n) is 2.51. The van der Waals surface area contributed by atoms with Crippen LogP contribution >= 0.6 is 0 Å². The van der Waals surface area contributed by atoms with Gasteiger partial charge in [-0.2, -0.15) is 5.10 Å². The molecule has 116 valence electrons. The number of nitrogens with one attached hydrogen (secondary N) is 1. The number of amides is 2. The third-order valence-electron chi connectivity index (χ3n) is 3.59. The Labute approximate surface area is 126 Å². The Morgan fingerprint density at radius 3 is 2.91 bits per heavy atom. The average molecular weight is 304 g/mol. The van der Waals surface area contributed by atoms with Crippen LogP contribution in [-0.2, 0) is 4.79 Å². The summed E-state index contributed by atoms with van der Waals surface area (Å²) < 4.78 is 6.34. The van der Waals surface area contributed by atoms with Crippen LogP contribution in [-0.4, -0.2) is 49.9 Å². The minimum absolute atomic E-state index is 0.0756. The van der Waals surface area contributed by atoms with Crippen molar-refractivity contribution in [2.75, 3.05) is 18.4 Å². The van der Waals surface area contributed by atoms with Crippen molar-refractivity contribution in [3.05, 3.63) is 23.7 Å². The number of aryl methyl sites for hydroxylation is 1. The molecular formula is C13H16N6O3. The molecule has 0 aliphatic carbocycles. The predicted molar refractivity (Wildman–Crippen MR) is 75.1 cm³/mol. The molecule has 0 aromatic carbocycles. The van der Waals surface area contributed by atoms with Crippen LogP contribution in [0.15, 0.2) is 16.9 Å². The number of anilines is 1. The predicted octanol–water partition coefficient (Wildman–Crippen LogP) is 0.620. The Morgan fingerprint density at radius 2 is 2.23 bits per heavy atom. The molecule has 0 unspecified atom stereocenters. The molecule has 2 aromatic rings. The van der Waals surface area contributed by atoms with E-state index in [2.05, 4.69) is 25.4 Å². The molecule has 0 radical (unpaired) electrons. The molecule has 1 fully saturated rings. The Kier molecular flexibility index (Phi) is 3.61. The SMILES string of the molecule is CC(=O)Nc1ccn([C@H]2CCN(C(=O)c3nonc3C)C2)n1. The average Bonchev–Trinajstić information content (AvgIpc) is 3.16. The second-order valence-corrected chi connectivity index (χ2v) is 5.25. The molecule has 3 heterocycles. The summed E-state index contributed by atoms with van der Waals surface area (Å²) in [4.78, 5) is 25.1. The second-order valence-electron chi connectivity index (χ2n) is 5.25. The lowest BCUT2D eigenvalue weighted by Gasteiger charge is -2.15. The van der Waals surface area contributed by atoms with Crippen LogP contribution in [0, 0.1) is 6.92 Å². The van der Waals surface area contributed by atoms with E-state index < -0.39 is 0 Å². The first-order chi connectivity index (χ1) is 10.5. The Hall–Kier alpha value is -2.71. The number of nitrogens with zero attached hydrogens (tertiary/aromatic N) is 5. The summed E-state index contributed by atoms with van der Waals surface area (Å²) in [5.74, 6) is 0.159. The van der Waals surface area contributed by atoms with Crippen molar-refractivity contribution < 1.29 is 14.2 Å². The Bertz CT molecular complexity index is 706. The van der Waals surface area contributed by atoms with E-state index in [1.807, 2.05) is 0 Å². The molecule has 1 aliphatic rings. The van der Waals surface area contributed by atoms with Gasteiger partial charge in [-0.1, -0.05) is 5.16 Å². The van der Waals surface area contributed by atoms with Crippen molar-refractivity contribution in [1.29, 1.82) is 0 Å². The molecule has 1 saturated heterocycles. The standard InChI is InChI=1S/C13H16N6O3/c1-8-12(17-22-16-8)13(21)18-5-3-10(7-18)19-6-4-11(15-19)14-9(2)20/h4,6,10H,3,5,7H2,1-2H3,(H,14,15,20)/t10-/m0/s1. The van der Waals surface area contributed by atoms with E-state index in [4.69, 9.17) is 0 Å². The molecule has 0 saturated carbocycles. The normalized spacial score (nSPS) is 17.7.